The number of carbonyl (C=O) groups is 1. The molecule has 0 aromatic heterocycles. The highest BCUT2D eigenvalue weighted by Crippen LogP contribution is 2.15. The molecular weight excluding hydrogens is 247 g/mol. The third-order valence-corrected chi connectivity index (χ3v) is 3.18. The Kier molecular flexibility index (Phi) is 5.15. The molecule has 4 nitrogen and oxygen atoms in total. The molecule has 1 saturated heterocycles. The molecule has 0 aliphatic carbocycles. The molecule has 2 rings (SSSR count). The van der Waals surface area contributed by atoms with Gasteiger partial charge in [0.25, 0.3) is 5.91 Å². The largest absolute Gasteiger partial charge is 0.481 e. The Balaban J connectivity index is 1.68. The molecule has 5 heteroatoms. The molecule has 1 unspecified atom stereocenters. The normalized spacial score (nSPS) is 18.9. The Labute approximate surface area is 112 Å². The molecule has 1 fully saturated rings. The third kappa shape index (κ3) is 4.52. The summed E-state index contributed by atoms with van der Waals surface area (Å²) >= 11 is 0. The molecular formula is C14H19FN2O2. The van der Waals surface area contributed by atoms with Gasteiger partial charge in [-0.1, -0.05) is 12.1 Å². The van der Waals surface area contributed by atoms with Crippen LogP contribution in [0.4, 0.5) is 4.39 Å². The lowest BCUT2D eigenvalue weighted by Crippen LogP contribution is -2.39. The van der Waals surface area contributed by atoms with E-state index in [9.17, 15) is 9.18 Å². The Morgan fingerprint density at radius 2 is 2.32 bits per heavy atom. The molecule has 0 radical (unpaired) electrons. The lowest BCUT2D eigenvalue weighted by Gasteiger charge is -2.22. The third-order valence-electron chi connectivity index (χ3n) is 3.18. The first-order chi connectivity index (χ1) is 9.25. The fourth-order valence-electron chi connectivity index (χ4n) is 2.11. The van der Waals surface area contributed by atoms with E-state index < -0.39 is 5.82 Å². The van der Waals surface area contributed by atoms with E-state index >= 15 is 0 Å². The van der Waals surface area contributed by atoms with E-state index in [0.29, 0.717) is 12.5 Å². The van der Waals surface area contributed by atoms with E-state index in [1.807, 2.05) is 0 Å². The summed E-state index contributed by atoms with van der Waals surface area (Å²) in [5.41, 5.74) is 0. The van der Waals surface area contributed by atoms with Crippen LogP contribution in [0.15, 0.2) is 24.3 Å². The van der Waals surface area contributed by atoms with Crippen molar-refractivity contribution in [3.8, 4) is 5.75 Å². The molecule has 1 amide bonds. The number of hydrogen-bond acceptors (Lipinski definition) is 3. The zero-order valence-electron chi connectivity index (χ0n) is 10.8. The van der Waals surface area contributed by atoms with E-state index in [2.05, 4.69) is 10.6 Å². The average Bonchev–Trinajstić information content (AvgIpc) is 2.45. The van der Waals surface area contributed by atoms with E-state index in [1.165, 1.54) is 12.1 Å². The highest BCUT2D eigenvalue weighted by molar-refractivity contribution is 5.77. The monoisotopic (exact) mass is 266 g/mol. The van der Waals surface area contributed by atoms with Crippen molar-refractivity contribution in [2.45, 2.75) is 12.8 Å². The highest BCUT2D eigenvalue weighted by Gasteiger charge is 2.14. The fraction of sp³-hybridized carbons (Fsp3) is 0.500. The van der Waals surface area contributed by atoms with Crippen molar-refractivity contribution in [2.75, 3.05) is 26.2 Å². The van der Waals surface area contributed by atoms with Crippen molar-refractivity contribution in [3.05, 3.63) is 30.1 Å². The maximum atomic E-state index is 13.3. The highest BCUT2D eigenvalue weighted by atomic mass is 19.1. The molecule has 1 aliphatic rings. The first-order valence-electron chi connectivity index (χ1n) is 6.60. The van der Waals surface area contributed by atoms with Crippen LogP contribution in [0.5, 0.6) is 5.75 Å². The number of amides is 1. The van der Waals surface area contributed by atoms with Gasteiger partial charge in [0.15, 0.2) is 18.2 Å². The number of piperidine rings is 1. The Hall–Kier alpha value is -1.62. The molecule has 1 aromatic rings. The second-order valence-corrected chi connectivity index (χ2v) is 4.74. The smallest absolute Gasteiger partial charge is 0.257 e. The Morgan fingerprint density at radius 3 is 3.05 bits per heavy atom. The first kappa shape index (κ1) is 13.8. The number of rotatable bonds is 5. The molecule has 0 spiro atoms. The van der Waals surface area contributed by atoms with Gasteiger partial charge in [-0.3, -0.25) is 4.79 Å². The predicted octanol–water partition coefficient (Wildman–Crippen LogP) is 1.32. The van der Waals surface area contributed by atoms with Crippen LogP contribution < -0.4 is 15.4 Å². The average molecular weight is 266 g/mol. The quantitative estimate of drug-likeness (QED) is 0.845. The molecule has 1 aliphatic heterocycles. The van der Waals surface area contributed by atoms with Gasteiger partial charge in [-0.05, 0) is 44.0 Å². The molecule has 0 saturated carbocycles. The van der Waals surface area contributed by atoms with E-state index in [0.717, 1.165) is 25.9 Å². The van der Waals surface area contributed by atoms with Crippen molar-refractivity contribution < 1.29 is 13.9 Å². The zero-order chi connectivity index (χ0) is 13.5. The summed E-state index contributed by atoms with van der Waals surface area (Å²) in [7, 11) is 0. The SMILES string of the molecule is O=C(COc1ccccc1F)NCC1CCCNC1. The number of halogens is 1. The van der Waals surface area contributed by atoms with Crippen molar-refractivity contribution in [3.63, 3.8) is 0 Å². The minimum absolute atomic E-state index is 0.108. The zero-order valence-corrected chi connectivity index (χ0v) is 10.8. The molecule has 2 N–H and O–H groups in total. The summed E-state index contributed by atoms with van der Waals surface area (Å²) in [5, 5.41) is 6.11. The second-order valence-electron chi connectivity index (χ2n) is 4.74. The molecule has 104 valence electrons. The number of benzene rings is 1. The molecule has 0 bridgehead atoms. The van der Waals surface area contributed by atoms with Gasteiger partial charge in [0.2, 0.25) is 0 Å². The Bertz CT molecular complexity index is 420. The van der Waals surface area contributed by atoms with Gasteiger partial charge in [0.05, 0.1) is 0 Å². The van der Waals surface area contributed by atoms with Crippen LogP contribution in [0.3, 0.4) is 0 Å². The van der Waals surface area contributed by atoms with Crippen molar-refractivity contribution in [2.24, 2.45) is 5.92 Å². The Morgan fingerprint density at radius 1 is 1.47 bits per heavy atom. The molecule has 1 aromatic carbocycles. The standard InChI is InChI=1S/C14H19FN2O2/c15-12-5-1-2-6-13(12)19-10-14(18)17-9-11-4-3-7-16-8-11/h1-2,5-6,11,16H,3-4,7-10H2,(H,17,18). The van der Waals surface area contributed by atoms with Gasteiger partial charge in [-0.25, -0.2) is 4.39 Å². The summed E-state index contributed by atoms with van der Waals surface area (Å²) in [6.45, 7) is 2.49. The number of ether oxygens (including phenoxy) is 1. The maximum absolute atomic E-state index is 13.3. The van der Waals surface area contributed by atoms with Crippen LogP contribution in [-0.4, -0.2) is 32.1 Å². The van der Waals surface area contributed by atoms with Crippen LogP contribution in [-0.2, 0) is 4.79 Å². The summed E-state index contributed by atoms with van der Waals surface area (Å²) in [4.78, 5) is 11.6. The summed E-state index contributed by atoms with van der Waals surface area (Å²) < 4.78 is 18.4. The predicted molar refractivity (Wildman–Crippen MR) is 70.5 cm³/mol. The van der Waals surface area contributed by atoms with Gasteiger partial charge >= 0.3 is 0 Å². The molecule has 19 heavy (non-hydrogen) atoms. The minimum atomic E-state index is -0.452. The van der Waals surface area contributed by atoms with Gasteiger partial charge in [-0.2, -0.15) is 0 Å². The van der Waals surface area contributed by atoms with E-state index in [-0.39, 0.29) is 18.3 Å². The molecule has 1 heterocycles. The van der Waals surface area contributed by atoms with E-state index in [1.54, 1.807) is 12.1 Å². The van der Waals surface area contributed by atoms with E-state index in [4.69, 9.17) is 4.74 Å². The molecule has 1 atom stereocenters. The summed E-state index contributed by atoms with van der Waals surface area (Å²) in [5.74, 6) is -0.0799. The number of nitrogens with one attached hydrogen (secondary N) is 2. The lowest BCUT2D eigenvalue weighted by atomic mass is 10.00. The maximum Gasteiger partial charge on any atom is 0.257 e. The minimum Gasteiger partial charge on any atom is -0.481 e. The van der Waals surface area contributed by atoms with Crippen molar-refractivity contribution >= 4 is 5.91 Å². The van der Waals surface area contributed by atoms with Gasteiger partial charge < -0.3 is 15.4 Å². The lowest BCUT2D eigenvalue weighted by molar-refractivity contribution is -0.123. The number of hydrogen-bond donors (Lipinski definition) is 2. The van der Waals surface area contributed by atoms with Crippen LogP contribution in [0, 0.1) is 11.7 Å². The van der Waals surface area contributed by atoms with Gasteiger partial charge in [0, 0.05) is 6.54 Å². The van der Waals surface area contributed by atoms with Crippen molar-refractivity contribution in [1.29, 1.82) is 0 Å². The summed E-state index contributed by atoms with van der Waals surface area (Å²) in [6.07, 6.45) is 2.27. The fourth-order valence-corrected chi connectivity index (χ4v) is 2.11. The first-order valence-corrected chi connectivity index (χ1v) is 6.60. The summed E-state index contributed by atoms with van der Waals surface area (Å²) in [6, 6.07) is 6.07. The van der Waals surface area contributed by atoms with Crippen LogP contribution in [0.2, 0.25) is 0 Å². The van der Waals surface area contributed by atoms with Crippen LogP contribution >= 0.6 is 0 Å². The van der Waals surface area contributed by atoms with Gasteiger partial charge in [0.1, 0.15) is 0 Å². The topological polar surface area (TPSA) is 50.4 Å². The van der Waals surface area contributed by atoms with Crippen LogP contribution in [0.25, 0.3) is 0 Å². The number of para-hydroxylation sites is 1. The van der Waals surface area contributed by atoms with Crippen molar-refractivity contribution in [1.82, 2.24) is 10.6 Å². The number of carbonyl (C=O) groups excluding carboxylic acids is 1. The second kappa shape index (κ2) is 7.09. The van der Waals surface area contributed by atoms with Gasteiger partial charge in [-0.15, -0.1) is 0 Å². The van der Waals surface area contributed by atoms with Crippen LogP contribution in [0.1, 0.15) is 12.8 Å².